The molecule has 1 aliphatic carbocycles. The fourth-order valence-electron chi connectivity index (χ4n) is 3.17. The van der Waals surface area contributed by atoms with Crippen molar-refractivity contribution in [2.75, 3.05) is 6.54 Å². The number of hydrogen-bond donors (Lipinski definition) is 1. The van der Waals surface area contributed by atoms with E-state index in [0.29, 0.717) is 17.8 Å². The summed E-state index contributed by atoms with van der Waals surface area (Å²) in [4.78, 5) is 8.89. The van der Waals surface area contributed by atoms with Crippen molar-refractivity contribution in [1.82, 2.24) is 25.0 Å². The number of rotatable bonds is 4. The quantitative estimate of drug-likeness (QED) is 0.876. The van der Waals surface area contributed by atoms with E-state index in [-0.39, 0.29) is 0 Å². The zero-order chi connectivity index (χ0) is 14.7. The van der Waals surface area contributed by atoms with Gasteiger partial charge >= 0.3 is 0 Å². The van der Waals surface area contributed by atoms with Crippen LogP contribution in [0.1, 0.15) is 50.8 Å². The second-order valence-electron chi connectivity index (χ2n) is 5.73. The molecule has 6 heteroatoms. The standard InChI is InChI=1S/C15H23N5O/c1-3-16-12-8-6-4-5-7-11(12)15-18-13(19-21-15)14-17-9-10-20(14)2/h9-12,16H,3-8H2,1-2H3. The highest BCUT2D eigenvalue weighted by atomic mass is 16.5. The molecule has 6 nitrogen and oxygen atoms in total. The number of hydrogen-bond acceptors (Lipinski definition) is 5. The Morgan fingerprint density at radius 2 is 2.19 bits per heavy atom. The second kappa shape index (κ2) is 6.39. The summed E-state index contributed by atoms with van der Waals surface area (Å²) in [7, 11) is 1.94. The third-order valence-corrected chi connectivity index (χ3v) is 4.26. The minimum Gasteiger partial charge on any atom is -0.338 e. The average molecular weight is 289 g/mol. The van der Waals surface area contributed by atoms with Gasteiger partial charge in [-0.05, 0) is 19.4 Å². The number of imidazole rings is 1. The van der Waals surface area contributed by atoms with Crippen LogP contribution in [0.4, 0.5) is 0 Å². The van der Waals surface area contributed by atoms with Crippen molar-refractivity contribution in [2.45, 2.75) is 51.0 Å². The van der Waals surface area contributed by atoms with Crippen molar-refractivity contribution in [1.29, 1.82) is 0 Å². The van der Waals surface area contributed by atoms with Crippen LogP contribution in [0.5, 0.6) is 0 Å². The maximum absolute atomic E-state index is 5.56. The lowest BCUT2D eigenvalue weighted by Crippen LogP contribution is -2.34. The first-order valence-corrected chi connectivity index (χ1v) is 7.84. The average Bonchev–Trinajstić information content (AvgIpc) is 3.05. The molecule has 114 valence electrons. The lowest BCUT2D eigenvalue weighted by molar-refractivity contribution is 0.306. The Morgan fingerprint density at radius 3 is 2.95 bits per heavy atom. The van der Waals surface area contributed by atoms with Crippen LogP contribution in [0.15, 0.2) is 16.9 Å². The molecule has 1 N–H and O–H groups in total. The molecule has 0 aromatic carbocycles. The van der Waals surface area contributed by atoms with E-state index in [1.807, 2.05) is 17.8 Å². The summed E-state index contributed by atoms with van der Waals surface area (Å²) in [5.41, 5.74) is 0. The van der Waals surface area contributed by atoms with Crippen molar-refractivity contribution in [3.8, 4) is 11.6 Å². The van der Waals surface area contributed by atoms with Crippen molar-refractivity contribution < 1.29 is 4.52 Å². The van der Waals surface area contributed by atoms with E-state index in [1.165, 1.54) is 25.7 Å². The first kappa shape index (κ1) is 14.3. The Kier molecular flexibility index (Phi) is 4.34. The Balaban J connectivity index is 1.84. The minimum absolute atomic E-state index is 0.314. The summed E-state index contributed by atoms with van der Waals surface area (Å²) in [6.07, 6.45) is 9.72. The first-order valence-electron chi connectivity index (χ1n) is 7.84. The number of aryl methyl sites for hydroxylation is 1. The summed E-state index contributed by atoms with van der Waals surface area (Å²) in [6.45, 7) is 3.12. The van der Waals surface area contributed by atoms with E-state index in [1.54, 1.807) is 6.20 Å². The van der Waals surface area contributed by atoms with Crippen LogP contribution in [0.3, 0.4) is 0 Å². The molecule has 0 bridgehead atoms. The predicted octanol–water partition coefficient (Wildman–Crippen LogP) is 2.50. The van der Waals surface area contributed by atoms with Gasteiger partial charge in [0.1, 0.15) is 0 Å². The van der Waals surface area contributed by atoms with Crippen molar-refractivity contribution in [2.24, 2.45) is 7.05 Å². The lowest BCUT2D eigenvalue weighted by Gasteiger charge is -2.22. The van der Waals surface area contributed by atoms with Gasteiger partial charge in [0.15, 0.2) is 5.82 Å². The number of nitrogens with zero attached hydrogens (tertiary/aromatic N) is 4. The Morgan fingerprint density at radius 1 is 1.33 bits per heavy atom. The topological polar surface area (TPSA) is 68.8 Å². The van der Waals surface area contributed by atoms with Crippen LogP contribution < -0.4 is 5.32 Å². The maximum Gasteiger partial charge on any atom is 0.238 e. The zero-order valence-corrected chi connectivity index (χ0v) is 12.7. The van der Waals surface area contributed by atoms with Gasteiger partial charge in [0.2, 0.25) is 11.7 Å². The highest BCUT2D eigenvalue weighted by Crippen LogP contribution is 2.32. The molecule has 0 saturated heterocycles. The first-order chi connectivity index (χ1) is 10.3. The van der Waals surface area contributed by atoms with Gasteiger partial charge in [-0.15, -0.1) is 0 Å². The third-order valence-electron chi connectivity index (χ3n) is 4.26. The second-order valence-corrected chi connectivity index (χ2v) is 5.73. The van der Waals surface area contributed by atoms with Gasteiger partial charge in [-0.2, -0.15) is 4.98 Å². The molecule has 2 aromatic rings. The molecule has 0 spiro atoms. The van der Waals surface area contributed by atoms with Gasteiger partial charge in [0.05, 0.1) is 5.92 Å². The van der Waals surface area contributed by atoms with E-state index in [4.69, 9.17) is 4.52 Å². The van der Waals surface area contributed by atoms with Crippen molar-refractivity contribution in [3.05, 3.63) is 18.3 Å². The Labute approximate surface area is 125 Å². The molecule has 21 heavy (non-hydrogen) atoms. The van der Waals surface area contributed by atoms with E-state index < -0.39 is 0 Å². The van der Waals surface area contributed by atoms with Crippen LogP contribution in [0, 0.1) is 0 Å². The molecule has 3 rings (SSSR count). The predicted molar refractivity (Wildman–Crippen MR) is 79.8 cm³/mol. The molecule has 1 aliphatic rings. The number of aromatic nitrogens is 4. The molecule has 2 atom stereocenters. The van der Waals surface area contributed by atoms with E-state index in [2.05, 4.69) is 27.4 Å². The molecule has 0 amide bonds. The summed E-state index contributed by atoms with van der Waals surface area (Å²) in [5.74, 6) is 2.39. The van der Waals surface area contributed by atoms with Crippen LogP contribution in [-0.2, 0) is 7.05 Å². The normalized spacial score (nSPS) is 23.1. The van der Waals surface area contributed by atoms with Gasteiger partial charge in [0.25, 0.3) is 0 Å². The van der Waals surface area contributed by atoms with Crippen LogP contribution in [0.25, 0.3) is 11.6 Å². The van der Waals surface area contributed by atoms with Crippen molar-refractivity contribution >= 4 is 0 Å². The summed E-state index contributed by atoms with van der Waals surface area (Å²) in [6, 6.07) is 0.437. The molecule has 1 fully saturated rings. The Hall–Kier alpha value is -1.69. The molecular formula is C15H23N5O. The molecule has 0 radical (unpaired) electrons. The SMILES string of the molecule is CCNC1CCCCCC1c1nc(-c2nccn2C)no1. The number of likely N-dealkylation sites (N-methyl/N-ethyl adjacent to an activating group) is 1. The fourth-order valence-corrected chi connectivity index (χ4v) is 3.17. The molecule has 0 aliphatic heterocycles. The third kappa shape index (κ3) is 3.00. The molecule has 2 unspecified atom stereocenters. The van der Waals surface area contributed by atoms with Gasteiger partial charge in [-0.1, -0.05) is 31.3 Å². The fraction of sp³-hybridized carbons (Fsp3) is 0.667. The van der Waals surface area contributed by atoms with E-state index in [9.17, 15) is 0 Å². The summed E-state index contributed by atoms with van der Waals surface area (Å²) >= 11 is 0. The van der Waals surface area contributed by atoms with Gasteiger partial charge in [-0.3, -0.25) is 0 Å². The van der Waals surface area contributed by atoms with Gasteiger partial charge in [0, 0.05) is 25.5 Å². The minimum atomic E-state index is 0.314. The maximum atomic E-state index is 5.56. The van der Waals surface area contributed by atoms with Gasteiger partial charge < -0.3 is 14.4 Å². The van der Waals surface area contributed by atoms with Crippen molar-refractivity contribution in [3.63, 3.8) is 0 Å². The van der Waals surface area contributed by atoms with E-state index >= 15 is 0 Å². The smallest absolute Gasteiger partial charge is 0.238 e. The number of nitrogens with one attached hydrogen (secondary N) is 1. The van der Waals surface area contributed by atoms with Crippen LogP contribution in [-0.4, -0.2) is 32.3 Å². The highest BCUT2D eigenvalue weighted by molar-refractivity contribution is 5.42. The summed E-state index contributed by atoms with van der Waals surface area (Å²) in [5, 5.41) is 7.70. The Bertz CT molecular complexity index is 576. The zero-order valence-electron chi connectivity index (χ0n) is 12.7. The summed E-state index contributed by atoms with van der Waals surface area (Å²) < 4.78 is 7.47. The molecule has 2 aromatic heterocycles. The lowest BCUT2D eigenvalue weighted by atomic mass is 9.94. The highest BCUT2D eigenvalue weighted by Gasteiger charge is 2.29. The molecule has 1 saturated carbocycles. The largest absolute Gasteiger partial charge is 0.338 e. The molecule has 2 heterocycles. The van der Waals surface area contributed by atoms with E-state index in [0.717, 1.165) is 24.7 Å². The van der Waals surface area contributed by atoms with Crippen LogP contribution >= 0.6 is 0 Å². The molecular weight excluding hydrogens is 266 g/mol. The van der Waals surface area contributed by atoms with Crippen LogP contribution in [0.2, 0.25) is 0 Å². The monoisotopic (exact) mass is 289 g/mol. The van der Waals surface area contributed by atoms with Gasteiger partial charge in [-0.25, -0.2) is 4.98 Å².